The Bertz CT molecular complexity index is 884. The number of rotatable bonds is 10. The molecular weight excluding hydrogens is 540 g/mol. The summed E-state index contributed by atoms with van der Waals surface area (Å²) in [5.74, 6) is 0.0239. The summed E-state index contributed by atoms with van der Waals surface area (Å²) in [5.41, 5.74) is 0.0355. The van der Waals surface area contributed by atoms with Crippen molar-refractivity contribution in [1.29, 1.82) is 0 Å². The first-order chi connectivity index (χ1) is 15.4. The van der Waals surface area contributed by atoms with Crippen LogP contribution < -0.4 is 39.9 Å². The summed E-state index contributed by atoms with van der Waals surface area (Å²) in [7, 11) is 1.36. The van der Waals surface area contributed by atoms with Gasteiger partial charge in [-0.3, -0.25) is 9.63 Å². The third kappa shape index (κ3) is 6.88. The van der Waals surface area contributed by atoms with Gasteiger partial charge in [0.1, 0.15) is 23.2 Å². The number of carbonyl (C=O) groups excluding carboxylic acids is 1. The van der Waals surface area contributed by atoms with Gasteiger partial charge in [-0.05, 0) is 54.7 Å². The van der Waals surface area contributed by atoms with E-state index in [1.807, 2.05) is 0 Å². The zero-order valence-corrected chi connectivity index (χ0v) is 23.1. The Kier molecular flexibility index (Phi) is 10.5. The lowest BCUT2D eigenvalue weighted by Gasteiger charge is -2.32. The summed E-state index contributed by atoms with van der Waals surface area (Å²) in [4.78, 5) is 17.3. The van der Waals surface area contributed by atoms with E-state index in [-0.39, 0.29) is 35.3 Å². The molecule has 0 aliphatic rings. The minimum atomic E-state index is -1.84. The number of halogens is 1. The van der Waals surface area contributed by atoms with E-state index in [1.54, 1.807) is 7.05 Å². The normalized spacial score (nSPS) is 11.5. The summed E-state index contributed by atoms with van der Waals surface area (Å²) in [5, 5.41) is 5.54. The van der Waals surface area contributed by atoms with Gasteiger partial charge in [0.15, 0.2) is 0 Å². The molecule has 0 unspecified atom stereocenters. The van der Waals surface area contributed by atoms with Crippen LogP contribution >= 0.6 is 7.26 Å². The van der Waals surface area contributed by atoms with E-state index < -0.39 is 7.26 Å². The molecule has 1 amide bonds. The molecule has 0 aliphatic heterocycles. The monoisotopic (exact) mass is 575 g/mol. The second kappa shape index (κ2) is 12.6. The fourth-order valence-electron chi connectivity index (χ4n) is 4.18. The summed E-state index contributed by atoms with van der Waals surface area (Å²) in [6, 6.07) is 32.9. The Morgan fingerprint density at radius 3 is 1.55 bits per heavy atom. The molecule has 0 N–H and O–H groups in total. The Hall–Kier alpha value is -1.75. The molecule has 0 spiro atoms. The Labute approximate surface area is 216 Å². The van der Waals surface area contributed by atoms with E-state index in [1.165, 1.54) is 28.1 Å². The Morgan fingerprint density at radius 2 is 1.18 bits per heavy atom. The molecule has 0 fully saturated rings. The zero-order chi connectivity index (χ0) is 23.0. The highest BCUT2D eigenvalue weighted by atomic mass is 127. The van der Waals surface area contributed by atoms with Crippen LogP contribution in [0.15, 0.2) is 91.0 Å². The molecule has 0 atom stereocenters. The predicted molar refractivity (Wildman–Crippen MR) is 137 cm³/mol. The molecule has 3 aromatic rings. The number of amides is 1. The van der Waals surface area contributed by atoms with Crippen LogP contribution in [0, 0.1) is 5.41 Å². The van der Waals surface area contributed by atoms with Crippen molar-refractivity contribution in [3.63, 3.8) is 0 Å². The minimum absolute atomic E-state index is 0. The lowest BCUT2D eigenvalue weighted by atomic mass is 9.85. The molecule has 0 bridgehead atoms. The molecule has 0 aliphatic carbocycles. The van der Waals surface area contributed by atoms with Crippen LogP contribution in [-0.4, -0.2) is 31.3 Å². The fourth-order valence-corrected chi connectivity index (χ4v) is 8.83. The summed E-state index contributed by atoms with van der Waals surface area (Å²) < 4.78 is 0. The van der Waals surface area contributed by atoms with Crippen molar-refractivity contribution in [1.82, 2.24) is 5.06 Å². The van der Waals surface area contributed by atoms with Crippen LogP contribution in [0.4, 0.5) is 0 Å². The highest BCUT2D eigenvalue weighted by molar-refractivity contribution is 7.95. The standard InChI is InChI=1S/C28H35NO2P.HI/c1-28(2,21-20-27(30)29(3)31-4)22-23-32(24-14-8-5-9-15-24,25-16-10-6-11-17-25)26-18-12-7-13-19-26;/h5-19H,20-23H2,1-4H3;1H/q+1;/p-1. The molecule has 0 saturated heterocycles. The van der Waals surface area contributed by atoms with Crippen LogP contribution in [0.25, 0.3) is 0 Å². The van der Waals surface area contributed by atoms with Gasteiger partial charge in [0.2, 0.25) is 5.91 Å². The summed E-state index contributed by atoms with van der Waals surface area (Å²) in [6.07, 6.45) is 3.42. The highest BCUT2D eigenvalue weighted by Gasteiger charge is 2.45. The average Bonchev–Trinajstić information content (AvgIpc) is 2.84. The van der Waals surface area contributed by atoms with E-state index in [2.05, 4.69) is 105 Å². The van der Waals surface area contributed by atoms with Crippen LogP contribution in [0.1, 0.15) is 33.1 Å². The first kappa shape index (κ1) is 27.5. The van der Waals surface area contributed by atoms with Crippen molar-refractivity contribution in [3.8, 4) is 0 Å². The van der Waals surface area contributed by atoms with Crippen molar-refractivity contribution < 1.29 is 33.6 Å². The summed E-state index contributed by atoms with van der Waals surface area (Å²) >= 11 is 0. The highest BCUT2D eigenvalue weighted by Crippen LogP contribution is 2.57. The number of hydrogen-bond acceptors (Lipinski definition) is 2. The van der Waals surface area contributed by atoms with Gasteiger partial charge in [0.25, 0.3) is 0 Å². The van der Waals surface area contributed by atoms with E-state index in [9.17, 15) is 4.79 Å². The molecular formula is C28H35INO2P. The number of benzene rings is 3. The topological polar surface area (TPSA) is 29.5 Å². The maximum Gasteiger partial charge on any atom is 0.245 e. The SMILES string of the molecule is CON(C)C(=O)CCC(C)(C)CC[P+](c1ccccc1)(c1ccccc1)c1ccccc1.[I-]. The van der Waals surface area contributed by atoms with E-state index >= 15 is 0 Å². The quantitative estimate of drug-likeness (QED) is 0.211. The molecule has 3 rings (SSSR count). The summed E-state index contributed by atoms with van der Waals surface area (Å²) in [6.45, 7) is 4.56. The van der Waals surface area contributed by atoms with Gasteiger partial charge < -0.3 is 24.0 Å². The van der Waals surface area contributed by atoms with Crippen molar-refractivity contribution in [2.24, 2.45) is 5.41 Å². The van der Waals surface area contributed by atoms with Crippen molar-refractivity contribution in [2.75, 3.05) is 20.3 Å². The van der Waals surface area contributed by atoms with Crippen LogP contribution in [-0.2, 0) is 9.63 Å². The van der Waals surface area contributed by atoms with Crippen molar-refractivity contribution >= 4 is 29.1 Å². The van der Waals surface area contributed by atoms with Crippen molar-refractivity contribution in [2.45, 2.75) is 33.1 Å². The predicted octanol–water partition coefficient (Wildman–Crippen LogP) is 2.20. The van der Waals surface area contributed by atoms with E-state index in [4.69, 9.17) is 4.84 Å². The molecule has 0 aromatic heterocycles. The molecule has 33 heavy (non-hydrogen) atoms. The van der Waals surface area contributed by atoms with Gasteiger partial charge >= 0.3 is 0 Å². The largest absolute Gasteiger partial charge is 1.00 e. The zero-order valence-electron chi connectivity index (χ0n) is 20.1. The average molecular weight is 575 g/mol. The molecule has 3 aromatic carbocycles. The van der Waals surface area contributed by atoms with Gasteiger partial charge in [-0.2, -0.15) is 0 Å². The maximum absolute atomic E-state index is 12.3. The lowest BCUT2D eigenvalue weighted by Crippen LogP contribution is -3.00. The third-order valence-electron chi connectivity index (χ3n) is 6.36. The van der Waals surface area contributed by atoms with Crippen molar-refractivity contribution in [3.05, 3.63) is 91.0 Å². The molecule has 5 heteroatoms. The molecule has 3 nitrogen and oxygen atoms in total. The van der Waals surface area contributed by atoms with Gasteiger partial charge in [0, 0.05) is 13.5 Å². The first-order valence-electron chi connectivity index (χ1n) is 11.2. The minimum Gasteiger partial charge on any atom is -1.00 e. The van der Waals surface area contributed by atoms with E-state index in [0.717, 1.165) is 19.0 Å². The first-order valence-corrected chi connectivity index (χ1v) is 13.2. The van der Waals surface area contributed by atoms with Crippen LogP contribution in [0.2, 0.25) is 0 Å². The molecule has 0 heterocycles. The van der Waals surface area contributed by atoms with Gasteiger partial charge in [0.05, 0.1) is 13.3 Å². The third-order valence-corrected chi connectivity index (χ3v) is 10.8. The number of carbonyl (C=O) groups is 1. The van der Waals surface area contributed by atoms with Crippen LogP contribution in [0.5, 0.6) is 0 Å². The van der Waals surface area contributed by atoms with E-state index in [0.29, 0.717) is 6.42 Å². The maximum atomic E-state index is 12.3. The van der Waals surface area contributed by atoms with Gasteiger partial charge in [-0.15, -0.1) is 0 Å². The fraction of sp³-hybridized carbons (Fsp3) is 0.321. The van der Waals surface area contributed by atoms with Gasteiger partial charge in [-0.25, -0.2) is 5.06 Å². The Morgan fingerprint density at radius 1 is 0.788 bits per heavy atom. The molecule has 176 valence electrons. The van der Waals surface area contributed by atoms with Gasteiger partial charge in [-0.1, -0.05) is 68.4 Å². The second-order valence-electron chi connectivity index (χ2n) is 9.03. The molecule has 0 saturated carbocycles. The number of nitrogens with zero attached hydrogens (tertiary/aromatic N) is 1. The lowest BCUT2D eigenvalue weighted by molar-refractivity contribution is -0.169. The Balaban J connectivity index is 0.00000385. The second-order valence-corrected chi connectivity index (χ2v) is 12.6. The van der Waals surface area contributed by atoms with Crippen LogP contribution in [0.3, 0.4) is 0 Å². The number of hydroxylamine groups is 2. The molecule has 0 radical (unpaired) electrons. The smallest absolute Gasteiger partial charge is 0.245 e. The number of hydrogen-bond donors (Lipinski definition) is 0.